The lowest BCUT2D eigenvalue weighted by Crippen LogP contribution is -2.15. The molecule has 1 heterocycles. The summed E-state index contributed by atoms with van der Waals surface area (Å²) in [6, 6.07) is 3.91. The summed E-state index contributed by atoms with van der Waals surface area (Å²) >= 11 is 0. The number of pyridine rings is 1. The van der Waals surface area contributed by atoms with E-state index in [1.165, 1.54) is 12.1 Å². The third-order valence-corrected chi connectivity index (χ3v) is 2.36. The molecule has 2 rings (SSSR count). The Bertz CT molecular complexity index is 681. The van der Waals surface area contributed by atoms with Gasteiger partial charge in [-0.2, -0.15) is 0 Å². The van der Waals surface area contributed by atoms with Gasteiger partial charge in [-0.1, -0.05) is 0 Å². The Labute approximate surface area is 94.1 Å². The van der Waals surface area contributed by atoms with E-state index in [0.717, 1.165) is 12.3 Å². The standard InChI is InChI=1S/C11H7NO5/c13-9-6-3-5(10(14)15)1-2-8(6)12-4-7(9)11(16)17/h1-4H,(H,12,13)(H,14,15)(H,16,17). The quantitative estimate of drug-likeness (QED) is 0.714. The Balaban J connectivity index is 2.83. The second-order valence-electron chi connectivity index (χ2n) is 3.40. The average Bonchev–Trinajstić information content (AvgIpc) is 2.28. The number of hydrogen-bond acceptors (Lipinski definition) is 3. The predicted molar refractivity (Wildman–Crippen MR) is 58.5 cm³/mol. The molecule has 0 aliphatic carbocycles. The van der Waals surface area contributed by atoms with Crippen LogP contribution in [0.15, 0.2) is 29.2 Å². The van der Waals surface area contributed by atoms with Crippen LogP contribution in [0.3, 0.4) is 0 Å². The maximum absolute atomic E-state index is 11.8. The minimum Gasteiger partial charge on any atom is -0.478 e. The maximum atomic E-state index is 11.8. The van der Waals surface area contributed by atoms with Gasteiger partial charge in [0.15, 0.2) is 0 Å². The van der Waals surface area contributed by atoms with E-state index in [-0.39, 0.29) is 10.9 Å². The molecule has 6 heteroatoms. The van der Waals surface area contributed by atoms with Gasteiger partial charge in [-0.15, -0.1) is 0 Å². The van der Waals surface area contributed by atoms with Crippen LogP contribution in [0.2, 0.25) is 0 Å². The molecule has 1 aromatic carbocycles. The summed E-state index contributed by atoms with van der Waals surface area (Å²) in [6.07, 6.45) is 1.09. The van der Waals surface area contributed by atoms with Crippen molar-refractivity contribution in [2.75, 3.05) is 0 Å². The lowest BCUT2D eigenvalue weighted by Gasteiger charge is -2.01. The van der Waals surface area contributed by atoms with Gasteiger partial charge < -0.3 is 15.2 Å². The Kier molecular flexibility index (Phi) is 2.40. The van der Waals surface area contributed by atoms with Crippen molar-refractivity contribution < 1.29 is 19.8 Å². The minimum absolute atomic E-state index is 0.0461. The molecular formula is C11H7NO5. The number of aromatic carboxylic acids is 2. The van der Waals surface area contributed by atoms with Gasteiger partial charge in [0.1, 0.15) is 5.56 Å². The Morgan fingerprint density at radius 2 is 1.82 bits per heavy atom. The number of hydrogen-bond donors (Lipinski definition) is 3. The van der Waals surface area contributed by atoms with Crippen molar-refractivity contribution in [1.29, 1.82) is 0 Å². The van der Waals surface area contributed by atoms with Crippen molar-refractivity contribution in [2.24, 2.45) is 0 Å². The monoisotopic (exact) mass is 233 g/mol. The number of carbonyl (C=O) groups is 2. The molecule has 86 valence electrons. The highest BCUT2D eigenvalue weighted by atomic mass is 16.4. The molecular weight excluding hydrogens is 226 g/mol. The van der Waals surface area contributed by atoms with Gasteiger partial charge in [0, 0.05) is 17.1 Å². The summed E-state index contributed by atoms with van der Waals surface area (Å²) in [5.41, 5.74) is -0.787. The second kappa shape index (κ2) is 3.75. The Hall–Kier alpha value is -2.63. The lowest BCUT2D eigenvalue weighted by atomic mass is 10.1. The van der Waals surface area contributed by atoms with Gasteiger partial charge in [-0.3, -0.25) is 4.79 Å². The van der Waals surface area contributed by atoms with Crippen molar-refractivity contribution >= 4 is 22.8 Å². The minimum atomic E-state index is -1.35. The fourth-order valence-corrected chi connectivity index (χ4v) is 1.51. The van der Waals surface area contributed by atoms with E-state index in [1.54, 1.807) is 0 Å². The number of carboxylic acids is 2. The SMILES string of the molecule is O=C(O)c1ccc2[nH]cc(C(=O)O)c(=O)c2c1. The summed E-state index contributed by atoms with van der Waals surface area (Å²) in [5.74, 6) is -2.53. The van der Waals surface area contributed by atoms with Gasteiger partial charge in [0.05, 0.1) is 5.56 Å². The number of fused-ring (bicyclic) bond motifs is 1. The molecule has 6 nitrogen and oxygen atoms in total. The molecule has 2 aromatic rings. The summed E-state index contributed by atoms with van der Waals surface area (Å²) in [7, 11) is 0. The normalized spacial score (nSPS) is 10.4. The van der Waals surface area contributed by atoms with Crippen molar-refractivity contribution in [3.05, 3.63) is 45.7 Å². The molecule has 0 saturated carbocycles. The number of aromatic amines is 1. The van der Waals surface area contributed by atoms with Crippen LogP contribution in [-0.2, 0) is 0 Å². The summed E-state index contributed by atoms with van der Waals surface area (Å²) < 4.78 is 0. The lowest BCUT2D eigenvalue weighted by molar-refractivity contribution is 0.0686. The zero-order valence-corrected chi connectivity index (χ0v) is 8.43. The Morgan fingerprint density at radius 3 is 2.41 bits per heavy atom. The number of nitrogens with one attached hydrogen (secondary N) is 1. The zero-order chi connectivity index (χ0) is 12.6. The molecule has 0 aliphatic rings. The first-order valence-corrected chi connectivity index (χ1v) is 4.62. The molecule has 0 fully saturated rings. The molecule has 0 atom stereocenters. The van der Waals surface area contributed by atoms with E-state index in [9.17, 15) is 14.4 Å². The summed E-state index contributed by atoms with van der Waals surface area (Å²) in [4.78, 5) is 35.9. The molecule has 0 spiro atoms. The van der Waals surface area contributed by atoms with Crippen LogP contribution >= 0.6 is 0 Å². The van der Waals surface area contributed by atoms with E-state index in [0.29, 0.717) is 5.52 Å². The molecule has 0 bridgehead atoms. The average molecular weight is 233 g/mol. The number of carboxylic acid groups (broad SMARTS) is 2. The highest BCUT2D eigenvalue weighted by Crippen LogP contribution is 2.11. The third kappa shape index (κ3) is 1.76. The van der Waals surface area contributed by atoms with Gasteiger partial charge in [-0.25, -0.2) is 9.59 Å². The first-order chi connectivity index (χ1) is 8.00. The van der Waals surface area contributed by atoms with Crippen LogP contribution in [0.1, 0.15) is 20.7 Å². The molecule has 0 unspecified atom stereocenters. The van der Waals surface area contributed by atoms with Crippen LogP contribution in [0.4, 0.5) is 0 Å². The van der Waals surface area contributed by atoms with Crippen molar-refractivity contribution in [3.63, 3.8) is 0 Å². The van der Waals surface area contributed by atoms with E-state index in [2.05, 4.69) is 4.98 Å². The van der Waals surface area contributed by atoms with Gasteiger partial charge in [-0.05, 0) is 18.2 Å². The van der Waals surface area contributed by atoms with Crippen LogP contribution in [0.5, 0.6) is 0 Å². The molecule has 0 radical (unpaired) electrons. The summed E-state index contributed by atoms with van der Waals surface area (Å²) in [5, 5.41) is 17.6. The maximum Gasteiger partial charge on any atom is 0.341 e. The third-order valence-electron chi connectivity index (χ3n) is 2.36. The highest BCUT2D eigenvalue weighted by Gasteiger charge is 2.12. The number of aromatic nitrogens is 1. The molecule has 0 amide bonds. The van der Waals surface area contributed by atoms with Crippen molar-refractivity contribution in [3.8, 4) is 0 Å². The molecule has 1 aromatic heterocycles. The predicted octanol–water partition coefficient (Wildman–Crippen LogP) is 0.924. The fourth-order valence-electron chi connectivity index (χ4n) is 1.51. The fraction of sp³-hybridized carbons (Fsp3) is 0. The second-order valence-corrected chi connectivity index (χ2v) is 3.40. The van der Waals surface area contributed by atoms with E-state index >= 15 is 0 Å². The largest absolute Gasteiger partial charge is 0.478 e. The van der Waals surface area contributed by atoms with Gasteiger partial charge in [0.25, 0.3) is 0 Å². The first-order valence-electron chi connectivity index (χ1n) is 4.62. The number of rotatable bonds is 2. The zero-order valence-electron chi connectivity index (χ0n) is 8.43. The molecule has 17 heavy (non-hydrogen) atoms. The Morgan fingerprint density at radius 1 is 1.12 bits per heavy atom. The van der Waals surface area contributed by atoms with Crippen LogP contribution in [-0.4, -0.2) is 27.1 Å². The van der Waals surface area contributed by atoms with Crippen molar-refractivity contribution in [2.45, 2.75) is 0 Å². The van der Waals surface area contributed by atoms with E-state index < -0.39 is 22.9 Å². The molecule has 0 saturated heterocycles. The summed E-state index contributed by atoms with van der Waals surface area (Å²) in [6.45, 7) is 0. The molecule has 3 N–H and O–H groups in total. The van der Waals surface area contributed by atoms with Gasteiger partial charge in [0.2, 0.25) is 5.43 Å². The van der Waals surface area contributed by atoms with E-state index in [4.69, 9.17) is 10.2 Å². The smallest absolute Gasteiger partial charge is 0.341 e. The van der Waals surface area contributed by atoms with Crippen LogP contribution in [0.25, 0.3) is 10.9 Å². The first kappa shape index (κ1) is 10.9. The van der Waals surface area contributed by atoms with E-state index in [1.807, 2.05) is 0 Å². The topological polar surface area (TPSA) is 107 Å². The number of benzene rings is 1. The molecule has 0 aliphatic heterocycles. The van der Waals surface area contributed by atoms with Crippen molar-refractivity contribution in [1.82, 2.24) is 4.98 Å². The number of H-pyrrole nitrogens is 1. The van der Waals surface area contributed by atoms with Crippen LogP contribution in [0, 0.1) is 0 Å². The van der Waals surface area contributed by atoms with Crippen LogP contribution < -0.4 is 5.43 Å². The van der Waals surface area contributed by atoms with Gasteiger partial charge >= 0.3 is 11.9 Å². The highest BCUT2D eigenvalue weighted by molar-refractivity contribution is 5.96.